The van der Waals surface area contributed by atoms with Crippen molar-refractivity contribution in [1.82, 2.24) is 0 Å². The number of hydrogen-bond donors (Lipinski definition) is 1. The van der Waals surface area contributed by atoms with E-state index in [9.17, 15) is 0 Å². The molecule has 1 nitrogen and oxygen atoms in total. The average Bonchev–Trinajstić information content (AvgIpc) is 2.29. The lowest BCUT2D eigenvalue weighted by Crippen LogP contribution is -1.99. The number of hydrogen-bond acceptors (Lipinski definition) is 2. The molecule has 90 valence electrons. The van der Waals surface area contributed by atoms with Crippen LogP contribution in [0.15, 0.2) is 23.1 Å². The van der Waals surface area contributed by atoms with E-state index in [0.29, 0.717) is 5.92 Å². The first kappa shape index (κ1) is 13.6. The summed E-state index contributed by atoms with van der Waals surface area (Å²) in [5, 5.41) is 0. The maximum atomic E-state index is 5.52. The molecule has 0 amide bonds. The van der Waals surface area contributed by atoms with Crippen LogP contribution in [0.4, 0.5) is 0 Å². The second-order valence-corrected chi connectivity index (χ2v) is 5.39. The maximum absolute atomic E-state index is 5.52. The van der Waals surface area contributed by atoms with Gasteiger partial charge in [0.2, 0.25) is 0 Å². The lowest BCUT2D eigenvalue weighted by Gasteiger charge is -2.11. The van der Waals surface area contributed by atoms with Crippen molar-refractivity contribution in [3.8, 4) is 0 Å². The Morgan fingerprint density at radius 2 is 1.94 bits per heavy atom. The molecular formula is C14H23NS. The van der Waals surface area contributed by atoms with Crippen molar-refractivity contribution in [2.24, 2.45) is 5.73 Å². The molecule has 0 fully saturated rings. The Balaban J connectivity index is 2.78. The van der Waals surface area contributed by atoms with E-state index in [1.807, 2.05) is 11.8 Å². The SMILES string of the molecule is CSc1cc(CCCCN)cc(C(C)C)c1. The fraction of sp³-hybridized carbons (Fsp3) is 0.571. The summed E-state index contributed by atoms with van der Waals surface area (Å²) in [4.78, 5) is 1.38. The Kier molecular flexibility index (Phi) is 5.93. The van der Waals surface area contributed by atoms with Gasteiger partial charge in [0, 0.05) is 4.90 Å². The van der Waals surface area contributed by atoms with E-state index in [0.717, 1.165) is 19.4 Å². The van der Waals surface area contributed by atoms with Crippen LogP contribution in [-0.2, 0) is 6.42 Å². The van der Waals surface area contributed by atoms with Gasteiger partial charge in [-0.15, -0.1) is 11.8 Å². The molecule has 1 rings (SSSR count). The summed E-state index contributed by atoms with van der Waals surface area (Å²) in [7, 11) is 0. The molecule has 0 atom stereocenters. The first-order chi connectivity index (χ1) is 7.67. The molecule has 0 heterocycles. The zero-order chi connectivity index (χ0) is 12.0. The van der Waals surface area contributed by atoms with Crippen LogP contribution in [0.25, 0.3) is 0 Å². The third-order valence-corrected chi connectivity index (χ3v) is 3.52. The van der Waals surface area contributed by atoms with Crippen LogP contribution in [0.3, 0.4) is 0 Å². The first-order valence-corrected chi connectivity index (χ1v) is 7.27. The van der Waals surface area contributed by atoms with Crippen molar-refractivity contribution in [2.75, 3.05) is 12.8 Å². The predicted octanol–water partition coefficient (Wildman–Crippen LogP) is 3.81. The normalized spacial score (nSPS) is 11.1. The molecule has 0 bridgehead atoms. The highest BCUT2D eigenvalue weighted by Crippen LogP contribution is 2.24. The molecule has 0 saturated carbocycles. The molecule has 1 aromatic rings. The highest BCUT2D eigenvalue weighted by atomic mass is 32.2. The van der Waals surface area contributed by atoms with Crippen molar-refractivity contribution in [2.45, 2.75) is 43.9 Å². The zero-order valence-corrected chi connectivity index (χ0v) is 11.4. The van der Waals surface area contributed by atoms with Gasteiger partial charge in [0.25, 0.3) is 0 Å². The van der Waals surface area contributed by atoms with E-state index in [1.165, 1.54) is 22.4 Å². The van der Waals surface area contributed by atoms with Gasteiger partial charge >= 0.3 is 0 Å². The summed E-state index contributed by atoms with van der Waals surface area (Å²) < 4.78 is 0. The smallest absolute Gasteiger partial charge is 0.00747 e. The minimum Gasteiger partial charge on any atom is -0.330 e. The predicted molar refractivity (Wildman–Crippen MR) is 74.3 cm³/mol. The third-order valence-electron chi connectivity index (χ3n) is 2.81. The lowest BCUT2D eigenvalue weighted by molar-refractivity contribution is 0.741. The number of thioether (sulfide) groups is 1. The van der Waals surface area contributed by atoms with Gasteiger partial charge in [-0.3, -0.25) is 0 Å². The quantitative estimate of drug-likeness (QED) is 0.601. The molecule has 0 aliphatic carbocycles. The number of aryl methyl sites for hydroxylation is 1. The van der Waals surface area contributed by atoms with Crippen molar-refractivity contribution < 1.29 is 0 Å². The fourth-order valence-electron chi connectivity index (χ4n) is 1.76. The van der Waals surface area contributed by atoms with E-state index in [2.05, 4.69) is 38.3 Å². The summed E-state index contributed by atoms with van der Waals surface area (Å²) in [5.41, 5.74) is 8.44. The third kappa shape index (κ3) is 4.18. The Morgan fingerprint density at radius 1 is 1.19 bits per heavy atom. The highest BCUT2D eigenvalue weighted by Gasteiger charge is 2.04. The summed E-state index contributed by atoms with van der Waals surface area (Å²) >= 11 is 1.83. The molecule has 2 heteroatoms. The molecule has 16 heavy (non-hydrogen) atoms. The topological polar surface area (TPSA) is 26.0 Å². The molecule has 0 saturated heterocycles. The van der Waals surface area contributed by atoms with Crippen molar-refractivity contribution in [1.29, 1.82) is 0 Å². The number of unbranched alkanes of at least 4 members (excludes halogenated alkanes) is 1. The Labute approximate surface area is 104 Å². The minimum atomic E-state index is 0.611. The summed E-state index contributed by atoms with van der Waals surface area (Å²) in [6, 6.07) is 6.97. The summed E-state index contributed by atoms with van der Waals surface area (Å²) in [5.74, 6) is 0.611. The van der Waals surface area contributed by atoms with Gasteiger partial charge in [0.15, 0.2) is 0 Å². The van der Waals surface area contributed by atoms with Crippen molar-refractivity contribution in [3.63, 3.8) is 0 Å². The van der Waals surface area contributed by atoms with Gasteiger partial charge in [-0.05, 0) is 61.2 Å². The van der Waals surface area contributed by atoms with Gasteiger partial charge in [-0.2, -0.15) is 0 Å². The molecule has 0 aliphatic rings. The molecule has 0 spiro atoms. The molecule has 0 aliphatic heterocycles. The molecule has 1 aromatic carbocycles. The Hall–Kier alpha value is -0.470. The van der Waals surface area contributed by atoms with E-state index < -0.39 is 0 Å². The molecule has 0 unspecified atom stereocenters. The van der Waals surface area contributed by atoms with E-state index >= 15 is 0 Å². The van der Waals surface area contributed by atoms with Gasteiger partial charge in [-0.1, -0.05) is 19.9 Å². The number of nitrogens with two attached hydrogens (primary N) is 1. The largest absolute Gasteiger partial charge is 0.330 e. The van der Waals surface area contributed by atoms with Crippen LogP contribution < -0.4 is 5.73 Å². The minimum absolute atomic E-state index is 0.611. The maximum Gasteiger partial charge on any atom is 0.00747 e. The second kappa shape index (κ2) is 6.97. The van der Waals surface area contributed by atoms with E-state index in [1.54, 1.807) is 0 Å². The van der Waals surface area contributed by atoms with Crippen LogP contribution in [-0.4, -0.2) is 12.8 Å². The van der Waals surface area contributed by atoms with Crippen molar-refractivity contribution >= 4 is 11.8 Å². The highest BCUT2D eigenvalue weighted by molar-refractivity contribution is 7.98. The van der Waals surface area contributed by atoms with Crippen LogP contribution in [0.1, 0.15) is 43.7 Å². The average molecular weight is 237 g/mol. The Morgan fingerprint density at radius 3 is 2.50 bits per heavy atom. The van der Waals surface area contributed by atoms with Gasteiger partial charge in [-0.25, -0.2) is 0 Å². The molecular weight excluding hydrogens is 214 g/mol. The van der Waals surface area contributed by atoms with Crippen LogP contribution >= 0.6 is 11.8 Å². The molecule has 0 radical (unpaired) electrons. The monoisotopic (exact) mass is 237 g/mol. The van der Waals surface area contributed by atoms with Crippen molar-refractivity contribution in [3.05, 3.63) is 29.3 Å². The number of benzene rings is 1. The molecule has 0 aromatic heterocycles. The fourth-order valence-corrected chi connectivity index (χ4v) is 2.28. The van der Waals surface area contributed by atoms with Crippen LogP contribution in [0.2, 0.25) is 0 Å². The first-order valence-electron chi connectivity index (χ1n) is 6.05. The standard InChI is InChI=1S/C14H23NS/c1-11(2)13-8-12(6-4-5-7-15)9-14(10-13)16-3/h8-11H,4-7,15H2,1-3H3. The zero-order valence-electron chi connectivity index (χ0n) is 10.6. The van der Waals surface area contributed by atoms with Crippen LogP contribution in [0, 0.1) is 0 Å². The van der Waals surface area contributed by atoms with Gasteiger partial charge in [0.1, 0.15) is 0 Å². The lowest BCUT2D eigenvalue weighted by atomic mass is 9.98. The Bertz CT molecular complexity index is 321. The second-order valence-electron chi connectivity index (χ2n) is 4.51. The summed E-state index contributed by atoms with van der Waals surface area (Å²) in [6.45, 7) is 5.31. The summed E-state index contributed by atoms with van der Waals surface area (Å²) in [6.07, 6.45) is 5.63. The van der Waals surface area contributed by atoms with E-state index in [-0.39, 0.29) is 0 Å². The van der Waals surface area contributed by atoms with Crippen LogP contribution in [0.5, 0.6) is 0 Å². The molecule has 2 N–H and O–H groups in total. The van der Waals surface area contributed by atoms with Gasteiger partial charge in [0.05, 0.1) is 0 Å². The van der Waals surface area contributed by atoms with E-state index in [4.69, 9.17) is 5.73 Å². The van der Waals surface area contributed by atoms with Gasteiger partial charge < -0.3 is 5.73 Å². The number of rotatable bonds is 6.